The van der Waals surface area contributed by atoms with E-state index in [0.29, 0.717) is 18.4 Å². The molecule has 3 aliphatic carbocycles. The number of unbranched alkanes of at least 4 members (excludes halogenated alkanes) is 3. The van der Waals surface area contributed by atoms with E-state index >= 15 is 0 Å². The number of carbonyl (C=O) groups is 1. The Morgan fingerprint density at radius 1 is 1.00 bits per heavy atom. The number of ether oxygens (including phenoxy) is 1. The zero-order valence-corrected chi connectivity index (χ0v) is 28.8. The predicted molar refractivity (Wildman–Crippen MR) is 165 cm³/mol. The van der Waals surface area contributed by atoms with Crippen LogP contribution in [0.2, 0.25) is 13.1 Å². The molecule has 0 spiro atoms. The third kappa shape index (κ3) is 6.60. The molecule has 0 N–H and O–H groups in total. The molecule has 0 amide bonds. The highest BCUT2D eigenvalue weighted by atomic mass is 28.2. The monoisotopic (exact) mass is 558 g/mol. The minimum absolute atomic E-state index is 0.0721. The van der Waals surface area contributed by atoms with Gasteiger partial charge in [0, 0.05) is 11.5 Å². The van der Waals surface area contributed by atoms with Crippen molar-refractivity contribution in [1.29, 1.82) is 0 Å². The number of carbonyl (C=O) groups excluding carboxylic acids is 1. The SMILES string of the molecule is CCCCCCC(C)(C)c1cc(O[SiH2]C)c([C@H]2C=C(COC(=O)C(C)(C)C)C3CC2C3(C)C)c(O[SiH2]C)c1. The second-order valence-electron chi connectivity index (χ2n) is 13.8. The van der Waals surface area contributed by atoms with Crippen molar-refractivity contribution in [3.8, 4) is 11.5 Å². The predicted octanol–water partition coefficient (Wildman–Crippen LogP) is 7.23. The first-order chi connectivity index (χ1) is 17.8. The summed E-state index contributed by atoms with van der Waals surface area (Å²) in [4.78, 5) is 12.6. The van der Waals surface area contributed by atoms with Crippen molar-refractivity contribution in [1.82, 2.24) is 0 Å². The average molecular weight is 559 g/mol. The van der Waals surface area contributed by atoms with Crippen molar-refractivity contribution in [2.75, 3.05) is 6.61 Å². The van der Waals surface area contributed by atoms with Crippen molar-refractivity contribution in [3.05, 3.63) is 34.9 Å². The summed E-state index contributed by atoms with van der Waals surface area (Å²) in [5.74, 6) is 3.14. The van der Waals surface area contributed by atoms with Crippen LogP contribution in [0.15, 0.2) is 23.8 Å². The Labute approximate surface area is 237 Å². The molecule has 0 aromatic heterocycles. The molecule has 38 heavy (non-hydrogen) atoms. The summed E-state index contributed by atoms with van der Waals surface area (Å²) in [5.41, 5.74) is 3.56. The van der Waals surface area contributed by atoms with E-state index in [1.54, 1.807) is 0 Å². The molecule has 1 saturated carbocycles. The summed E-state index contributed by atoms with van der Waals surface area (Å²) in [5, 5.41) is 0. The highest BCUT2D eigenvalue weighted by molar-refractivity contribution is 6.26. The molecule has 1 aromatic rings. The number of rotatable bonds is 13. The van der Waals surface area contributed by atoms with Crippen molar-refractivity contribution >= 4 is 25.5 Å². The highest BCUT2D eigenvalue weighted by Crippen LogP contribution is 2.65. The van der Waals surface area contributed by atoms with Gasteiger partial charge in [0.05, 0.1) is 5.41 Å². The first-order valence-electron chi connectivity index (χ1n) is 15.1. The van der Waals surface area contributed by atoms with Crippen LogP contribution < -0.4 is 8.85 Å². The molecule has 4 nitrogen and oxygen atoms in total. The number of esters is 1. The maximum Gasteiger partial charge on any atom is 0.311 e. The Hall–Kier alpha value is -1.54. The normalized spacial score (nSPS) is 23.0. The second-order valence-corrected chi connectivity index (χ2v) is 15.5. The van der Waals surface area contributed by atoms with E-state index < -0.39 is 24.9 Å². The summed E-state index contributed by atoms with van der Waals surface area (Å²) in [6.07, 6.45) is 9.81. The smallest absolute Gasteiger partial charge is 0.311 e. The van der Waals surface area contributed by atoms with Gasteiger partial charge in [-0.15, -0.1) is 0 Å². The van der Waals surface area contributed by atoms with Gasteiger partial charge in [-0.05, 0) is 92.6 Å². The van der Waals surface area contributed by atoms with Gasteiger partial charge in [-0.3, -0.25) is 4.79 Å². The standard InChI is InChI=1S/C32H54O4Si2/c1-11-12-13-14-15-31(5,6)22-17-26(35-37-9)28(27(18-22)36-38-10)23-16-21(20-34-29(33)30(2,3)4)24-19-25(23)32(24,7)8/h16-18,23-25H,11-15,19-20,37-38H2,1-10H3/t23-,24?,25?/m0/s1. The Balaban J connectivity index is 2.03. The molecule has 3 aliphatic rings. The first kappa shape index (κ1) is 31.0. The molecule has 0 heterocycles. The van der Waals surface area contributed by atoms with E-state index in [1.165, 1.54) is 48.8 Å². The van der Waals surface area contributed by atoms with Gasteiger partial charge in [0.15, 0.2) is 0 Å². The molecule has 3 atom stereocenters. The summed E-state index contributed by atoms with van der Waals surface area (Å²) in [6.45, 7) is 22.3. The Morgan fingerprint density at radius 3 is 2.11 bits per heavy atom. The number of hydrogen-bond donors (Lipinski definition) is 0. The molecule has 2 bridgehead atoms. The van der Waals surface area contributed by atoms with Gasteiger partial charge >= 0.3 is 5.97 Å². The number of benzene rings is 1. The highest BCUT2D eigenvalue weighted by Gasteiger charge is 2.56. The van der Waals surface area contributed by atoms with Gasteiger partial charge in [-0.25, -0.2) is 0 Å². The Morgan fingerprint density at radius 2 is 1.61 bits per heavy atom. The molecule has 2 unspecified atom stereocenters. The van der Waals surface area contributed by atoms with E-state index in [2.05, 4.69) is 65.9 Å². The third-order valence-electron chi connectivity index (χ3n) is 9.07. The fraction of sp³-hybridized carbons (Fsp3) is 0.719. The van der Waals surface area contributed by atoms with Gasteiger partial charge in [0.1, 0.15) is 18.1 Å². The van der Waals surface area contributed by atoms with E-state index in [1.807, 2.05) is 20.8 Å². The van der Waals surface area contributed by atoms with Gasteiger partial charge in [-0.1, -0.05) is 66.4 Å². The maximum atomic E-state index is 12.6. The summed E-state index contributed by atoms with van der Waals surface area (Å²) in [6, 6.07) is 4.67. The van der Waals surface area contributed by atoms with Crippen molar-refractivity contribution < 1.29 is 18.4 Å². The largest absolute Gasteiger partial charge is 0.549 e. The number of allylic oxidation sites excluding steroid dienone is 1. The van der Waals surface area contributed by atoms with Crippen molar-refractivity contribution in [2.24, 2.45) is 22.7 Å². The summed E-state index contributed by atoms with van der Waals surface area (Å²) >= 11 is 0. The lowest BCUT2D eigenvalue weighted by Crippen LogP contribution is -2.52. The van der Waals surface area contributed by atoms with Crippen molar-refractivity contribution in [3.63, 3.8) is 0 Å². The van der Waals surface area contributed by atoms with Crippen LogP contribution in [0.25, 0.3) is 0 Å². The molecular weight excluding hydrogens is 505 g/mol. The first-order valence-corrected chi connectivity index (χ1v) is 19.1. The average Bonchev–Trinajstić information content (AvgIpc) is 2.84. The lowest BCUT2D eigenvalue weighted by Gasteiger charge is -2.59. The maximum absolute atomic E-state index is 12.6. The molecule has 0 saturated heterocycles. The molecule has 0 radical (unpaired) electrons. The summed E-state index contributed by atoms with van der Waals surface area (Å²) in [7, 11) is -1.34. The van der Waals surface area contributed by atoms with Crippen LogP contribution in [0.3, 0.4) is 0 Å². The zero-order valence-electron chi connectivity index (χ0n) is 26.0. The van der Waals surface area contributed by atoms with Gasteiger partial charge < -0.3 is 13.6 Å². The van der Waals surface area contributed by atoms with Crippen LogP contribution in [0, 0.1) is 22.7 Å². The molecule has 4 rings (SSSR count). The van der Waals surface area contributed by atoms with Gasteiger partial charge in [0.25, 0.3) is 0 Å². The Bertz CT molecular complexity index is 978. The lowest BCUT2D eigenvalue weighted by molar-refractivity contribution is -0.152. The van der Waals surface area contributed by atoms with Crippen LogP contribution in [0.1, 0.15) is 111 Å². The molecule has 1 aromatic carbocycles. The topological polar surface area (TPSA) is 44.8 Å². The fourth-order valence-corrected chi connectivity index (χ4v) is 7.57. The second kappa shape index (κ2) is 12.3. The third-order valence-corrected chi connectivity index (χ3v) is 10.3. The minimum atomic E-state index is -0.669. The van der Waals surface area contributed by atoms with Crippen LogP contribution in [-0.4, -0.2) is 32.1 Å². The molecular formula is C32H54O4Si2. The minimum Gasteiger partial charge on any atom is -0.549 e. The van der Waals surface area contributed by atoms with Crippen molar-refractivity contribution in [2.45, 2.75) is 118 Å². The summed E-state index contributed by atoms with van der Waals surface area (Å²) < 4.78 is 18.9. The van der Waals surface area contributed by atoms with E-state index in [4.69, 9.17) is 13.6 Å². The van der Waals surface area contributed by atoms with E-state index in [0.717, 1.165) is 17.9 Å². The van der Waals surface area contributed by atoms with E-state index in [-0.39, 0.29) is 22.7 Å². The Kier molecular flexibility index (Phi) is 10.1. The molecule has 1 fully saturated rings. The molecule has 214 valence electrons. The molecule has 0 aliphatic heterocycles. The van der Waals surface area contributed by atoms with Crippen LogP contribution >= 0.6 is 0 Å². The van der Waals surface area contributed by atoms with Crippen LogP contribution in [-0.2, 0) is 14.9 Å². The van der Waals surface area contributed by atoms with Crippen LogP contribution in [0.5, 0.6) is 11.5 Å². The number of fused-ring (bicyclic) bond motifs is 1. The quantitative estimate of drug-likeness (QED) is 0.111. The number of hydrogen-bond acceptors (Lipinski definition) is 4. The van der Waals surface area contributed by atoms with E-state index in [9.17, 15) is 4.79 Å². The zero-order chi connectivity index (χ0) is 28.3. The van der Waals surface area contributed by atoms with Gasteiger partial charge in [0.2, 0.25) is 19.5 Å². The van der Waals surface area contributed by atoms with Crippen LogP contribution in [0.4, 0.5) is 0 Å². The molecule has 6 heteroatoms. The lowest BCUT2D eigenvalue weighted by atomic mass is 9.45. The van der Waals surface area contributed by atoms with Gasteiger partial charge in [-0.2, -0.15) is 0 Å². The fourth-order valence-electron chi connectivity index (χ4n) is 6.47.